The first-order valence-corrected chi connectivity index (χ1v) is 7.19. The fourth-order valence-electron chi connectivity index (χ4n) is 2.58. The number of H-pyrrole nitrogens is 1. The van der Waals surface area contributed by atoms with Gasteiger partial charge in [-0.2, -0.15) is 0 Å². The van der Waals surface area contributed by atoms with Crippen molar-refractivity contribution in [1.82, 2.24) is 30.4 Å². The molecule has 1 aliphatic heterocycles. The number of ether oxygens (including phenoxy) is 1. The molecular formula is C14H12FN7O2. The number of aromatic amines is 1. The lowest BCUT2D eigenvalue weighted by Crippen LogP contribution is -2.26. The minimum atomic E-state index is -0.520. The van der Waals surface area contributed by atoms with Crippen LogP contribution in [-0.4, -0.2) is 49.1 Å². The van der Waals surface area contributed by atoms with Crippen molar-refractivity contribution in [2.75, 3.05) is 11.4 Å². The average Bonchev–Trinajstić information content (AvgIpc) is 3.30. The number of carbonyl (C=O) groups excluding carboxylic acids is 1. The smallest absolute Gasteiger partial charge is 0.414 e. The van der Waals surface area contributed by atoms with Crippen LogP contribution in [-0.2, 0) is 11.3 Å². The predicted molar refractivity (Wildman–Crippen MR) is 79.4 cm³/mol. The van der Waals surface area contributed by atoms with Crippen molar-refractivity contribution >= 4 is 11.8 Å². The van der Waals surface area contributed by atoms with Gasteiger partial charge in [-0.1, -0.05) is 10.4 Å². The number of halogens is 1. The maximum atomic E-state index is 14.3. The van der Waals surface area contributed by atoms with Crippen molar-refractivity contribution in [2.45, 2.75) is 12.6 Å². The topological polar surface area (TPSA) is 102 Å². The number of amides is 1. The van der Waals surface area contributed by atoms with E-state index in [1.54, 1.807) is 29.2 Å². The predicted octanol–water partition coefficient (Wildman–Crippen LogP) is 1.23. The van der Waals surface area contributed by atoms with Gasteiger partial charge in [-0.15, -0.1) is 10.2 Å². The van der Waals surface area contributed by atoms with Crippen molar-refractivity contribution < 1.29 is 13.9 Å². The summed E-state index contributed by atoms with van der Waals surface area (Å²) in [6.07, 6.45) is 3.83. The molecule has 1 aliphatic rings. The Hall–Kier alpha value is -3.30. The summed E-state index contributed by atoms with van der Waals surface area (Å²) in [5, 5.41) is 17.4. The Morgan fingerprint density at radius 2 is 2.33 bits per heavy atom. The molecule has 0 bridgehead atoms. The summed E-state index contributed by atoms with van der Waals surface area (Å²) in [6.45, 7) is 0.698. The van der Waals surface area contributed by atoms with Gasteiger partial charge >= 0.3 is 6.09 Å². The number of benzene rings is 1. The van der Waals surface area contributed by atoms with E-state index in [9.17, 15) is 9.18 Å². The van der Waals surface area contributed by atoms with Crippen LogP contribution in [0.15, 0.2) is 36.8 Å². The van der Waals surface area contributed by atoms with Crippen molar-refractivity contribution in [1.29, 1.82) is 0 Å². The molecule has 3 heterocycles. The van der Waals surface area contributed by atoms with Gasteiger partial charge in [0.05, 0.1) is 31.2 Å². The molecule has 2 aromatic heterocycles. The molecule has 0 saturated carbocycles. The van der Waals surface area contributed by atoms with Gasteiger partial charge in [-0.25, -0.2) is 13.9 Å². The molecule has 10 heteroatoms. The fraction of sp³-hybridized carbons (Fsp3) is 0.214. The Labute approximate surface area is 135 Å². The Bertz CT molecular complexity index is 850. The van der Waals surface area contributed by atoms with Gasteiger partial charge in [-0.3, -0.25) is 10.00 Å². The van der Waals surface area contributed by atoms with E-state index in [1.807, 2.05) is 0 Å². The number of hydrogen-bond donors (Lipinski definition) is 1. The minimum Gasteiger partial charge on any atom is -0.442 e. The standard InChI is InChI=1S/C14H12FN7O2/c15-12-5-9(1-2-11(12)13-6-17-19-18-13)22-8-10(24-14(22)23)7-21-4-3-16-20-21/h1-6,10H,7-8H2,(H,17,18,19)/t10-/m0/s1. The van der Waals surface area contributed by atoms with Gasteiger partial charge in [0.15, 0.2) is 0 Å². The second-order valence-corrected chi connectivity index (χ2v) is 5.26. The first-order valence-electron chi connectivity index (χ1n) is 7.19. The Morgan fingerprint density at radius 3 is 3.04 bits per heavy atom. The molecule has 1 fully saturated rings. The van der Waals surface area contributed by atoms with Crippen LogP contribution in [0.25, 0.3) is 11.3 Å². The highest BCUT2D eigenvalue weighted by Crippen LogP contribution is 2.28. The van der Waals surface area contributed by atoms with Gasteiger partial charge < -0.3 is 4.74 Å². The third-order valence-corrected chi connectivity index (χ3v) is 3.69. The summed E-state index contributed by atoms with van der Waals surface area (Å²) >= 11 is 0. The zero-order valence-electron chi connectivity index (χ0n) is 12.3. The van der Waals surface area contributed by atoms with Crippen molar-refractivity contribution in [3.05, 3.63) is 42.6 Å². The van der Waals surface area contributed by atoms with Crippen LogP contribution >= 0.6 is 0 Å². The molecule has 1 N–H and O–H groups in total. The van der Waals surface area contributed by atoms with Gasteiger partial charge in [0, 0.05) is 11.8 Å². The molecule has 4 rings (SSSR count). The van der Waals surface area contributed by atoms with Crippen molar-refractivity contribution in [2.24, 2.45) is 0 Å². The molecule has 0 spiro atoms. The van der Waals surface area contributed by atoms with E-state index in [0.29, 0.717) is 30.0 Å². The van der Waals surface area contributed by atoms with E-state index >= 15 is 0 Å². The highest BCUT2D eigenvalue weighted by atomic mass is 19.1. The Kier molecular flexibility index (Phi) is 3.41. The number of anilines is 1. The zero-order chi connectivity index (χ0) is 16.5. The SMILES string of the molecule is O=C1O[C@@H](Cn2ccnn2)CN1c1ccc(-c2c[nH]nn2)c(F)c1. The average molecular weight is 329 g/mol. The van der Waals surface area contributed by atoms with Crippen LogP contribution in [0.3, 0.4) is 0 Å². The van der Waals surface area contributed by atoms with Crippen molar-refractivity contribution in [3.63, 3.8) is 0 Å². The molecule has 122 valence electrons. The number of carbonyl (C=O) groups is 1. The number of rotatable bonds is 4. The molecule has 1 saturated heterocycles. The number of cyclic esters (lactones) is 1. The monoisotopic (exact) mass is 329 g/mol. The Morgan fingerprint density at radius 1 is 1.42 bits per heavy atom. The lowest BCUT2D eigenvalue weighted by atomic mass is 10.1. The lowest BCUT2D eigenvalue weighted by Gasteiger charge is -2.13. The number of aromatic nitrogens is 6. The maximum Gasteiger partial charge on any atom is 0.414 e. The quantitative estimate of drug-likeness (QED) is 0.772. The van der Waals surface area contributed by atoms with Crippen LogP contribution in [0, 0.1) is 5.82 Å². The summed E-state index contributed by atoms with van der Waals surface area (Å²) < 4.78 is 21.2. The maximum absolute atomic E-state index is 14.3. The third kappa shape index (κ3) is 2.57. The largest absolute Gasteiger partial charge is 0.442 e. The molecular weight excluding hydrogens is 317 g/mol. The normalized spacial score (nSPS) is 17.3. The highest BCUT2D eigenvalue weighted by Gasteiger charge is 2.33. The van der Waals surface area contributed by atoms with Crippen LogP contribution in [0.2, 0.25) is 0 Å². The van der Waals surface area contributed by atoms with Crippen LogP contribution in [0.1, 0.15) is 0 Å². The fourth-order valence-corrected chi connectivity index (χ4v) is 2.58. The van der Waals surface area contributed by atoms with E-state index < -0.39 is 11.9 Å². The van der Waals surface area contributed by atoms with Crippen LogP contribution in [0.5, 0.6) is 0 Å². The second-order valence-electron chi connectivity index (χ2n) is 5.26. The summed E-state index contributed by atoms with van der Waals surface area (Å²) in [7, 11) is 0. The van der Waals surface area contributed by atoms with E-state index in [1.165, 1.54) is 17.2 Å². The van der Waals surface area contributed by atoms with Crippen LogP contribution < -0.4 is 4.90 Å². The molecule has 1 aromatic carbocycles. The van der Waals surface area contributed by atoms with E-state index in [0.717, 1.165) is 0 Å². The first kappa shape index (κ1) is 14.3. The van der Waals surface area contributed by atoms with Gasteiger partial charge in [0.25, 0.3) is 0 Å². The number of nitrogens with zero attached hydrogens (tertiary/aromatic N) is 6. The summed E-state index contributed by atoms with van der Waals surface area (Å²) in [6, 6.07) is 4.48. The summed E-state index contributed by atoms with van der Waals surface area (Å²) in [5.74, 6) is -0.492. The molecule has 3 aromatic rings. The summed E-state index contributed by atoms with van der Waals surface area (Å²) in [4.78, 5) is 13.4. The molecule has 0 unspecified atom stereocenters. The molecule has 24 heavy (non-hydrogen) atoms. The molecule has 1 amide bonds. The highest BCUT2D eigenvalue weighted by molar-refractivity contribution is 5.90. The first-order chi connectivity index (χ1) is 11.7. The zero-order valence-corrected chi connectivity index (χ0v) is 12.3. The molecule has 1 atom stereocenters. The number of hydrogen-bond acceptors (Lipinski definition) is 6. The third-order valence-electron chi connectivity index (χ3n) is 3.69. The number of nitrogens with one attached hydrogen (secondary N) is 1. The minimum absolute atomic E-state index is 0.305. The Balaban J connectivity index is 1.53. The van der Waals surface area contributed by atoms with Gasteiger partial charge in [0.2, 0.25) is 0 Å². The molecule has 0 aliphatic carbocycles. The van der Waals surface area contributed by atoms with Crippen molar-refractivity contribution in [3.8, 4) is 11.3 Å². The lowest BCUT2D eigenvalue weighted by molar-refractivity contribution is 0.129. The summed E-state index contributed by atoms with van der Waals surface area (Å²) in [5.41, 5.74) is 1.12. The molecule has 9 nitrogen and oxygen atoms in total. The second kappa shape index (κ2) is 5.72. The molecule has 0 radical (unpaired) electrons. The van der Waals surface area contributed by atoms with E-state index in [2.05, 4.69) is 25.7 Å². The van der Waals surface area contributed by atoms with Gasteiger partial charge in [-0.05, 0) is 18.2 Å². The van der Waals surface area contributed by atoms with Gasteiger partial charge in [0.1, 0.15) is 17.6 Å². The van der Waals surface area contributed by atoms with E-state index in [4.69, 9.17) is 4.74 Å². The van der Waals surface area contributed by atoms with E-state index in [-0.39, 0.29) is 6.10 Å². The van der Waals surface area contributed by atoms with Crippen LogP contribution in [0.4, 0.5) is 14.9 Å².